The fourth-order valence-electron chi connectivity index (χ4n) is 3.38. The van der Waals surface area contributed by atoms with Gasteiger partial charge in [0, 0.05) is 24.6 Å². The molecule has 1 heterocycles. The van der Waals surface area contributed by atoms with Crippen molar-refractivity contribution in [2.75, 3.05) is 5.32 Å². The Balaban J connectivity index is 1.49. The molecule has 1 spiro atoms. The third-order valence-electron chi connectivity index (χ3n) is 5.17. The highest BCUT2D eigenvalue weighted by atomic mass is 35.5. The molecular weight excluding hydrogens is 337 g/mol. The van der Waals surface area contributed by atoms with Crippen LogP contribution in [0.5, 0.6) is 11.5 Å². The Morgan fingerprint density at radius 1 is 1.13 bits per heavy atom. The molecule has 1 amide bonds. The largest absolute Gasteiger partial charge is 0.448 e. The molecule has 0 radical (unpaired) electrons. The third kappa shape index (κ3) is 2.47. The van der Waals surface area contributed by atoms with E-state index in [2.05, 4.69) is 5.32 Å². The number of halogens is 2. The van der Waals surface area contributed by atoms with E-state index >= 15 is 0 Å². The molecule has 1 aliphatic heterocycles. The normalized spacial score (nSPS) is 29.3. The molecule has 0 saturated heterocycles. The van der Waals surface area contributed by atoms with E-state index < -0.39 is 15.5 Å². The molecule has 3 aliphatic rings. The lowest BCUT2D eigenvalue weighted by atomic mass is 9.94. The van der Waals surface area contributed by atoms with Crippen LogP contribution in [-0.4, -0.2) is 16.0 Å². The summed E-state index contributed by atoms with van der Waals surface area (Å²) < 4.78 is 11.1. The van der Waals surface area contributed by atoms with Gasteiger partial charge >= 0.3 is 0 Å². The molecular formula is C17H19Cl2NO3. The molecule has 0 aromatic heterocycles. The molecule has 0 bridgehead atoms. The number of hydrogen-bond donors (Lipinski definition) is 1. The van der Waals surface area contributed by atoms with Crippen molar-refractivity contribution in [1.82, 2.24) is 0 Å². The highest BCUT2D eigenvalue weighted by Crippen LogP contribution is 2.64. The van der Waals surface area contributed by atoms with E-state index in [9.17, 15) is 4.79 Å². The molecule has 0 unspecified atom stereocenters. The molecule has 1 atom stereocenters. The van der Waals surface area contributed by atoms with E-state index in [-0.39, 0.29) is 5.91 Å². The van der Waals surface area contributed by atoms with Crippen molar-refractivity contribution in [2.45, 2.75) is 55.6 Å². The molecule has 1 aromatic rings. The van der Waals surface area contributed by atoms with E-state index in [1.165, 1.54) is 6.42 Å². The molecule has 6 heteroatoms. The number of fused-ring (bicyclic) bond motifs is 1. The molecule has 2 fully saturated rings. The Morgan fingerprint density at radius 2 is 1.78 bits per heavy atom. The van der Waals surface area contributed by atoms with Crippen LogP contribution >= 0.6 is 23.2 Å². The number of rotatable bonds is 2. The number of hydrogen-bond acceptors (Lipinski definition) is 3. The van der Waals surface area contributed by atoms with Gasteiger partial charge in [0.05, 0.1) is 5.41 Å². The van der Waals surface area contributed by atoms with Crippen LogP contribution in [0.3, 0.4) is 0 Å². The fraction of sp³-hybridized carbons (Fsp3) is 0.588. The second kappa shape index (κ2) is 4.93. The van der Waals surface area contributed by atoms with E-state index in [4.69, 9.17) is 32.7 Å². The Labute approximate surface area is 145 Å². The van der Waals surface area contributed by atoms with E-state index in [0.717, 1.165) is 31.4 Å². The van der Waals surface area contributed by atoms with Crippen LogP contribution in [0.25, 0.3) is 0 Å². The summed E-state index contributed by atoms with van der Waals surface area (Å²) in [5.74, 6) is 0.751. The molecule has 4 rings (SSSR count). The van der Waals surface area contributed by atoms with Gasteiger partial charge in [0.25, 0.3) is 5.79 Å². The van der Waals surface area contributed by atoms with Gasteiger partial charge in [-0.15, -0.1) is 23.2 Å². The van der Waals surface area contributed by atoms with Gasteiger partial charge in [-0.2, -0.15) is 0 Å². The topological polar surface area (TPSA) is 47.6 Å². The quantitative estimate of drug-likeness (QED) is 0.786. The summed E-state index contributed by atoms with van der Waals surface area (Å²) in [7, 11) is 0. The minimum absolute atomic E-state index is 0.172. The SMILES string of the molecule is C[C@@]1(C(=O)Nc2ccc3c(c2)OC2(CCCCC2)O3)CC1(Cl)Cl. The summed E-state index contributed by atoms with van der Waals surface area (Å²) in [6.45, 7) is 1.77. The van der Waals surface area contributed by atoms with Crippen LogP contribution in [0.1, 0.15) is 45.4 Å². The number of amides is 1. The van der Waals surface area contributed by atoms with Gasteiger partial charge in [0.15, 0.2) is 11.5 Å². The predicted molar refractivity (Wildman–Crippen MR) is 89.3 cm³/mol. The van der Waals surface area contributed by atoms with Gasteiger partial charge in [-0.25, -0.2) is 0 Å². The smallest absolute Gasteiger partial charge is 0.251 e. The maximum absolute atomic E-state index is 12.4. The molecule has 4 nitrogen and oxygen atoms in total. The average molecular weight is 356 g/mol. The average Bonchev–Trinajstić information content (AvgIpc) is 2.86. The summed E-state index contributed by atoms with van der Waals surface area (Å²) in [6.07, 6.45) is 5.73. The van der Waals surface area contributed by atoms with Crippen LogP contribution in [0.4, 0.5) is 5.69 Å². The number of ether oxygens (including phenoxy) is 2. The zero-order valence-electron chi connectivity index (χ0n) is 13.0. The van der Waals surface area contributed by atoms with Crippen molar-refractivity contribution >= 4 is 34.8 Å². The lowest BCUT2D eigenvalue weighted by molar-refractivity contribution is -0.120. The van der Waals surface area contributed by atoms with Crippen molar-refractivity contribution in [3.8, 4) is 11.5 Å². The van der Waals surface area contributed by atoms with E-state index in [0.29, 0.717) is 17.9 Å². The van der Waals surface area contributed by atoms with Gasteiger partial charge in [-0.3, -0.25) is 4.79 Å². The zero-order chi connectivity index (χ0) is 16.3. The van der Waals surface area contributed by atoms with Crippen LogP contribution in [-0.2, 0) is 4.79 Å². The van der Waals surface area contributed by atoms with Gasteiger partial charge in [0.2, 0.25) is 5.91 Å². The number of benzene rings is 1. The Morgan fingerprint density at radius 3 is 2.43 bits per heavy atom. The van der Waals surface area contributed by atoms with Crippen molar-refractivity contribution in [2.24, 2.45) is 5.41 Å². The lowest BCUT2D eigenvalue weighted by Gasteiger charge is -2.31. The Kier molecular flexibility index (Phi) is 3.30. The summed E-state index contributed by atoms with van der Waals surface area (Å²) in [6, 6.07) is 5.47. The molecule has 2 saturated carbocycles. The first-order valence-corrected chi connectivity index (χ1v) is 8.81. The zero-order valence-corrected chi connectivity index (χ0v) is 14.5. The summed E-state index contributed by atoms with van der Waals surface area (Å²) in [5.41, 5.74) is -0.0701. The van der Waals surface area contributed by atoms with Crippen LogP contribution < -0.4 is 14.8 Å². The highest BCUT2D eigenvalue weighted by molar-refractivity contribution is 6.53. The predicted octanol–water partition coefficient (Wildman–Crippen LogP) is 4.64. The number of carbonyl (C=O) groups is 1. The summed E-state index contributed by atoms with van der Waals surface area (Å²) >= 11 is 12.1. The summed E-state index contributed by atoms with van der Waals surface area (Å²) in [5, 5.41) is 2.88. The van der Waals surface area contributed by atoms with Crippen LogP contribution in [0, 0.1) is 5.41 Å². The highest BCUT2D eigenvalue weighted by Gasteiger charge is 2.67. The van der Waals surface area contributed by atoms with Crippen LogP contribution in [0.15, 0.2) is 18.2 Å². The molecule has 1 N–H and O–H groups in total. The first-order chi connectivity index (χ1) is 10.8. The van der Waals surface area contributed by atoms with Crippen molar-refractivity contribution in [1.29, 1.82) is 0 Å². The second-order valence-corrected chi connectivity index (χ2v) is 8.49. The fourth-order valence-corrected chi connectivity index (χ4v) is 4.09. The van der Waals surface area contributed by atoms with Crippen LogP contribution in [0.2, 0.25) is 0 Å². The maximum atomic E-state index is 12.4. The number of alkyl halides is 2. The van der Waals surface area contributed by atoms with Gasteiger partial charge in [0.1, 0.15) is 4.33 Å². The molecule has 23 heavy (non-hydrogen) atoms. The monoisotopic (exact) mass is 355 g/mol. The lowest BCUT2D eigenvalue weighted by Crippen LogP contribution is -2.40. The van der Waals surface area contributed by atoms with Gasteiger partial charge in [-0.05, 0) is 38.3 Å². The second-order valence-electron chi connectivity index (χ2n) is 7.00. The standard InChI is InChI=1S/C17H19Cl2NO3/c1-15(10-17(15,18)19)14(21)20-11-5-6-12-13(9-11)23-16(22-12)7-3-2-4-8-16/h5-6,9H,2-4,7-8,10H2,1H3,(H,20,21)/t15-/m0/s1. The van der Waals surface area contributed by atoms with Crippen molar-refractivity contribution in [3.05, 3.63) is 18.2 Å². The number of nitrogens with one attached hydrogen (secondary N) is 1. The minimum Gasteiger partial charge on any atom is -0.448 e. The first-order valence-electron chi connectivity index (χ1n) is 8.05. The number of anilines is 1. The molecule has 124 valence electrons. The van der Waals surface area contributed by atoms with Gasteiger partial charge < -0.3 is 14.8 Å². The molecule has 2 aliphatic carbocycles. The molecule has 1 aromatic carbocycles. The third-order valence-corrected chi connectivity index (χ3v) is 6.27. The summed E-state index contributed by atoms with van der Waals surface area (Å²) in [4.78, 5) is 12.4. The Hall–Kier alpha value is -1.13. The van der Waals surface area contributed by atoms with E-state index in [1.54, 1.807) is 6.92 Å². The van der Waals surface area contributed by atoms with Crippen molar-refractivity contribution in [3.63, 3.8) is 0 Å². The Bertz CT molecular complexity index is 670. The minimum atomic E-state index is -0.973. The van der Waals surface area contributed by atoms with E-state index in [1.807, 2.05) is 18.2 Å². The number of carbonyl (C=O) groups excluding carboxylic acids is 1. The van der Waals surface area contributed by atoms with Crippen molar-refractivity contribution < 1.29 is 14.3 Å². The first kappa shape index (κ1) is 15.4. The van der Waals surface area contributed by atoms with Gasteiger partial charge in [-0.1, -0.05) is 6.42 Å². The maximum Gasteiger partial charge on any atom is 0.251 e.